The average molecular weight is 392 g/mol. The largest absolute Gasteiger partial charge is 0.353 e. The number of pyridine rings is 1. The molecule has 0 aliphatic carbocycles. The molecule has 2 aromatic rings. The van der Waals surface area contributed by atoms with E-state index in [9.17, 15) is 9.59 Å². The van der Waals surface area contributed by atoms with Crippen molar-refractivity contribution in [3.63, 3.8) is 0 Å². The van der Waals surface area contributed by atoms with Gasteiger partial charge in [0, 0.05) is 38.1 Å². The van der Waals surface area contributed by atoms with E-state index in [2.05, 4.69) is 25.5 Å². The van der Waals surface area contributed by atoms with Gasteiger partial charge in [-0.05, 0) is 30.7 Å². The number of anilines is 2. The summed E-state index contributed by atoms with van der Waals surface area (Å²) >= 11 is 0. The van der Waals surface area contributed by atoms with Gasteiger partial charge in [-0.3, -0.25) is 14.9 Å². The number of piperazine rings is 1. The number of hydrogen-bond donors (Lipinski definition) is 2. The van der Waals surface area contributed by atoms with Gasteiger partial charge in [-0.1, -0.05) is 24.3 Å². The van der Waals surface area contributed by atoms with E-state index < -0.39 is 6.04 Å². The van der Waals surface area contributed by atoms with Gasteiger partial charge in [0.2, 0.25) is 17.8 Å². The summed E-state index contributed by atoms with van der Waals surface area (Å²) in [6.45, 7) is 4.86. The molecule has 2 N–H and O–H groups in total. The molecule has 1 aromatic heterocycles. The molecule has 2 aliphatic rings. The fraction of sp³-hybridized carbons (Fsp3) is 0.333. The number of hydrogen-bond acceptors (Lipinski definition) is 6. The monoisotopic (exact) mass is 392 g/mol. The number of aryl methyl sites for hydroxylation is 1. The number of guanidine groups is 1. The van der Waals surface area contributed by atoms with Crippen molar-refractivity contribution in [2.24, 2.45) is 4.99 Å². The lowest BCUT2D eigenvalue weighted by Gasteiger charge is -2.38. The number of para-hydroxylation sites is 1. The summed E-state index contributed by atoms with van der Waals surface area (Å²) in [5.74, 6) is 0.968. The third-order valence-electron chi connectivity index (χ3n) is 5.17. The summed E-state index contributed by atoms with van der Waals surface area (Å²) in [6.07, 6.45) is 1.83. The van der Waals surface area contributed by atoms with E-state index >= 15 is 0 Å². The van der Waals surface area contributed by atoms with Crippen LogP contribution >= 0.6 is 0 Å². The maximum atomic E-state index is 12.7. The summed E-state index contributed by atoms with van der Waals surface area (Å²) < 4.78 is 0. The van der Waals surface area contributed by atoms with Crippen molar-refractivity contribution in [2.75, 3.05) is 36.4 Å². The van der Waals surface area contributed by atoms with Crippen LogP contribution in [0, 0.1) is 6.92 Å². The zero-order chi connectivity index (χ0) is 20.2. The summed E-state index contributed by atoms with van der Waals surface area (Å²) in [4.78, 5) is 38.1. The molecule has 0 radical (unpaired) electrons. The topological polar surface area (TPSA) is 89.9 Å². The third kappa shape index (κ3) is 4.37. The first kappa shape index (κ1) is 18.9. The fourth-order valence-corrected chi connectivity index (χ4v) is 3.51. The Hall–Kier alpha value is -3.42. The first-order valence-corrected chi connectivity index (χ1v) is 9.75. The smallest absolute Gasteiger partial charge is 0.249 e. The zero-order valence-electron chi connectivity index (χ0n) is 16.3. The molecule has 1 fully saturated rings. The van der Waals surface area contributed by atoms with E-state index in [1.165, 1.54) is 0 Å². The van der Waals surface area contributed by atoms with Crippen molar-refractivity contribution >= 4 is 29.3 Å². The van der Waals surface area contributed by atoms with E-state index in [0.29, 0.717) is 19.0 Å². The van der Waals surface area contributed by atoms with Crippen molar-refractivity contribution in [3.05, 3.63) is 54.2 Å². The number of amides is 2. The summed E-state index contributed by atoms with van der Waals surface area (Å²) in [7, 11) is 0. The minimum absolute atomic E-state index is 0.0507. The number of carbonyl (C=O) groups is 2. The van der Waals surface area contributed by atoms with Crippen molar-refractivity contribution in [3.8, 4) is 0 Å². The number of benzene rings is 1. The molecule has 1 atom stereocenters. The summed E-state index contributed by atoms with van der Waals surface area (Å²) in [5, 5.41) is 5.72. The summed E-state index contributed by atoms with van der Waals surface area (Å²) in [6, 6.07) is 12.7. The number of nitrogens with one attached hydrogen (secondary N) is 2. The first-order chi connectivity index (χ1) is 14.1. The lowest BCUT2D eigenvalue weighted by Crippen LogP contribution is -2.56. The number of aromatic nitrogens is 1. The van der Waals surface area contributed by atoms with Crippen LogP contribution in [0.3, 0.4) is 0 Å². The molecule has 8 heteroatoms. The van der Waals surface area contributed by atoms with Gasteiger partial charge in [-0.25, -0.2) is 9.98 Å². The Morgan fingerprint density at radius 3 is 2.52 bits per heavy atom. The Bertz CT molecular complexity index is 922. The zero-order valence-corrected chi connectivity index (χ0v) is 16.3. The second-order valence-corrected chi connectivity index (χ2v) is 7.19. The SMILES string of the molecule is Cc1ccccc1NC(=O)[C@@H]1CC(=O)NC(N2CCN(c3ccccn3)CC2)=N1. The Morgan fingerprint density at radius 2 is 1.79 bits per heavy atom. The van der Waals surface area contributed by atoms with Crippen LogP contribution in [0.4, 0.5) is 11.5 Å². The molecule has 3 heterocycles. The molecule has 8 nitrogen and oxygen atoms in total. The maximum absolute atomic E-state index is 12.7. The molecule has 150 valence electrons. The minimum atomic E-state index is -0.729. The van der Waals surface area contributed by atoms with Gasteiger partial charge in [-0.15, -0.1) is 0 Å². The van der Waals surface area contributed by atoms with Crippen LogP contribution in [0.2, 0.25) is 0 Å². The summed E-state index contributed by atoms with van der Waals surface area (Å²) in [5.41, 5.74) is 1.71. The molecule has 0 saturated carbocycles. The van der Waals surface area contributed by atoms with Crippen LogP contribution in [0.15, 0.2) is 53.7 Å². The van der Waals surface area contributed by atoms with Crippen LogP contribution in [0.25, 0.3) is 0 Å². The van der Waals surface area contributed by atoms with Crippen molar-refractivity contribution in [2.45, 2.75) is 19.4 Å². The average Bonchev–Trinajstić information content (AvgIpc) is 2.75. The fourth-order valence-electron chi connectivity index (χ4n) is 3.51. The lowest BCUT2D eigenvalue weighted by atomic mass is 10.1. The Kier molecular flexibility index (Phi) is 5.41. The van der Waals surface area contributed by atoms with Gasteiger partial charge >= 0.3 is 0 Å². The molecule has 2 aliphatic heterocycles. The molecule has 0 bridgehead atoms. The van der Waals surface area contributed by atoms with E-state index in [1.807, 2.05) is 54.3 Å². The molecule has 2 amide bonds. The van der Waals surface area contributed by atoms with Gasteiger partial charge in [0.1, 0.15) is 11.9 Å². The highest BCUT2D eigenvalue weighted by Gasteiger charge is 2.30. The highest BCUT2D eigenvalue weighted by molar-refractivity contribution is 6.06. The normalized spacial score (nSPS) is 19.4. The second-order valence-electron chi connectivity index (χ2n) is 7.19. The Balaban J connectivity index is 1.42. The molecule has 0 spiro atoms. The predicted octanol–water partition coefficient (Wildman–Crippen LogP) is 1.40. The second kappa shape index (κ2) is 8.30. The first-order valence-electron chi connectivity index (χ1n) is 9.75. The van der Waals surface area contributed by atoms with E-state index in [0.717, 1.165) is 30.2 Å². The molecule has 4 rings (SSSR count). The molecule has 1 aromatic carbocycles. The van der Waals surface area contributed by atoms with Gasteiger partial charge in [-0.2, -0.15) is 0 Å². The van der Waals surface area contributed by atoms with Crippen LogP contribution in [0.5, 0.6) is 0 Å². The number of aliphatic imine (C=N–C) groups is 1. The van der Waals surface area contributed by atoms with Gasteiger partial charge in [0.25, 0.3) is 0 Å². The van der Waals surface area contributed by atoms with E-state index in [4.69, 9.17) is 0 Å². The van der Waals surface area contributed by atoms with Crippen LogP contribution in [0.1, 0.15) is 12.0 Å². The van der Waals surface area contributed by atoms with Crippen LogP contribution in [-0.2, 0) is 9.59 Å². The van der Waals surface area contributed by atoms with Crippen LogP contribution in [-0.4, -0.2) is 59.9 Å². The van der Waals surface area contributed by atoms with E-state index in [-0.39, 0.29) is 18.2 Å². The van der Waals surface area contributed by atoms with Gasteiger partial charge in [0.15, 0.2) is 0 Å². The minimum Gasteiger partial charge on any atom is -0.353 e. The van der Waals surface area contributed by atoms with Gasteiger partial charge < -0.3 is 15.1 Å². The lowest BCUT2D eigenvalue weighted by molar-refractivity contribution is -0.125. The van der Waals surface area contributed by atoms with Crippen molar-refractivity contribution in [1.82, 2.24) is 15.2 Å². The van der Waals surface area contributed by atoms with Gasteiger partial charge in [0.05, 0.1) is 6.42 Å². The van der Waals surface area contributed by atoms with Crippen molar-refractivity contribution in [1.29, 1.82) is 0 Å². The predicted molar refractivity (Wildman–Crippen MR) is 112 cm³/mol. The number of rotatable bonds is 3. The van der Waals surface area contributed by atoms with E-state index in [1.54, 1.807) is 6.20 Å². The molecule has 1 saturated heterocycles. The standard InChI is InChI=1S/C21H24N6O2/c1-15-6-2-3-7-16(15)23-20(29)17-14-19(28)25-21(24-17)27-12-10-26(11-13-27)18-8-4-5-9-22-18/h2-9,17H,10-14H2,1H3,(H,23,29)(H,24,25,28)/t17-/m0/s1. The van der Waals surface area contributed by atoms with Crippen LogP contribution < -0.4 is 15.5 Å². The van der Waals surface area contributed by atoms with Crippen molar-refractivity contribution < 1.29 is 9.59 Å². The highest BCUT2D eigenvalue weighted by Crippen LogP contribution is 2.17. The third-order valence-corrected chi connectivity index (χ3v) is 5.17. The number of carbonyl (C=O) groups excluding carboxylic acids is 2. The number of nitrogens with zero attached hydrogens (tertiary/aromatic N) is 4. The Morgan fingerprint density at radius 1 is 1.07 bits per heavy atom. The Labute approximate surface area is 169 Å². The maximum Gasteiger partial charge on any atom is 0.249 e. The molecular formula is C21H24N6O2. The molecular weight excluding hydrogens is 368 g/mol. The molecule has 29 heavy (non-hydrogen) atoms. The molecule has 0 unspecified atom stereocenters. The quantitative estimate of drug-likeness (QED) is 0.824. The highest BCUT2D eigenvalue weighted by atomic mass is 16.2.